The van der Waals surface area contributed by atoms with Crippen LogP contribution < -0.4 is 0 Å². The van der Waals surface area contributed by atoms with E-state index in [-0.39, 0.29) is 24.3 Å². The molecule has 32 heavy (non-hydrogen) atoms. The van der Waals surface area contributed by atoms with Crippen LogP contribution in [0.3, 0.4) is 0 Å². The van der Waals surface area contributed by atoms with Crippen molar-refractivity contribution < 1.29 is 33.7 Å². The Hall–Kier alpha value is -0.200. The van der Waals surface area contributed by atoms with Gasteiger partial charge < -0.3 is 0 Å². The van der Waals surface area contributed by atoms with Crippen molar-refractivity contribution in [2.24, 2.45) is 0 Å². The Bertz CT molecular complexity index is 915. The van der Waals surface area contributed by atoms with Gasteiger partial charge in [0.25, 0.3) is 0 Å². The van der Waals surface area contributed by atoms with Gasteiger partial charge >= 0.3 is 0 Å². The number of unbranched alkanes of at least 4 members (excludes halogenated alkanes) is 3. The van der Waals surface area contributed by atoms with E-state index in [1.165, 1.54) is 0 Å². The minimum absolute atomic E-state index is 0.234. The molecular formula is C20H38O8S4. The fourth-order valence-corrected chi connectivity index (χ4v) is 14.5. The highest BCUT2D eigenvalue weighted by Crippen LogP contribution is 2.26. The van der Waals surface area contributed by atoms with Gasteiger partial charge in [0.1, 0.15) is 0 Å². The van der Waals surface area contributed by atoms with Crippen LogP contribution in [0.15, 0.2) is 0 Å². The summed E-state index contributed by atoms with van der Waals surface area (Å²) in [5.41, 5.74) is 0. The zero-order chi connectivity index (χ0) is 23.9. The second-order valence-corrected chi connectivity index (χ2v) is 19.1. The van der Waals surface area contributed by atoms with Crippen molar-refractivity contribution in [3.8, 4) is 0 Å². The molecule has 0 radical (unpaired) electrons. The topological polar surface area (TPSA) is 137 Å². The summed E-state index contributed by atoms with van der Waals surface area (Å²) >= 11 is 0. The SMILES string of the molecule is O=S(=O)(CCCCCCS(=O)(=O)CS(=O)(=O)C1CCCCC1)CS(=O)(=O)C1CCCCC1. The molecule has 190 valence electrons. The Balaban J connectivity index is 1.69. The minimum atomic E-state index is -3.73. The van der Waals surface area contributed by atoms with Gasteiger partial charge in [-0.25, -0.2) is 33.7 Å². The van der Waals surface area contributed by atoms with Crippen LogP contribution >= 0.6 is 0 Å². The molecule has 2 rings (SSSR count). The predicted octanol–water partition coefficient (Wildman–Crippen LogP) is 2.79. The Morgan fingerprint density at radius 3 is 1.06 bits per heavy atom. The summed E-state index contributed by atoms with van der Waals surface area (Å²) in [6.07, 6.45) is 8.79. The van der Waals surface area contributed by atoms with Gasteiger partial charge in [0.15, 0.2) is 49.5 Å². The van der Waals surface area contributed by atoms with Crippen molar-refractivity contribution in [2.45, 2.75) is 100 Å². The van der Waals surface area contributed by atoms with E-state index < -0.39 is 60.0 Å². The maximum absolute atomic E-state index is 12.4. The molecule has 0 aliphatic heterocycles. The van der Waals surface area contributed by atoms with Crippen LogP contribution in [0.5, 0.6) is 0 Å². The zero-order valence-electron chi connectivity index (χ0n) is 18.8. The first-order chi connectivity index (χ1) is 14.8. The quantitative estimate of drug-likeness (QED) is 0.329. The van der Waals surface area contributed by atoms with E-state index in [1.807, 2.05) is 0 Å². The third-order valence-corrected chi connectivity index (χ3v) is 16.8. The second kappa shape index (κ2) is 12.0. The molecule has 0 heterocycles. The Kier molecular flexibility index (Phi) is 10.5. The summed E-state index contributed by atoms with van der Waals surface area (Å²) in [7, 11) is -14.8. The van der Waals surface area contributed by atoms with Crippen LogP contribution in [0.4, 0.5) is 0 Å². The molecule has 2 aliphatic carbocycles. The highest BCUT2D eigenvalue weighted by atomic mass is 32.3. The first-order valence-corrected chi connectivity index (χ1v) is 18.7. The van der Waals surface area contributed by atoms with Crippen LogP contribution in [0.2, 0.25) is 0 Å². The molecule has 0 bridgehead atoms. The standard InChI is InChI=1S/C20H38O8S4/c21-29(22,17-31(25,26)19-11-5-3-6-12-19)15-9-1-2-10-16-30(23,24)18-32(27,28)20-13-7-4-8-14-20/h19-20H,1-18H2. The summed E-state index contributed by atoms with van der Waals surface area (Å²) in [4.78, 5) is 0. The zero-order valence-corrected chi connectivity index (χ0v) is 22.0. The molecule has 0 amide bonds. The van der Waals surface area contributed by atoms with E-state index in [0.717, 1.165) is 38.5 Å². The lowest BCUT2D eigenvalue weighted by Gasteiger charge is -2.21. The molecule has 0 N–H and O–H groups in total. The summed E-state index contributed by atoms with van der Waals surface area (Å²) < 4.78 is 98.5. The maximum atomic E-state index is 12.4. The molecule has 8 nitrogen and oxygen atoms in total. The molecule has 12 heteroatoms. The number of hydrogen-bond acceptors (Lipinski definition) is 8. The van der Waals surface area contributed by atoms with Gasteiger partial charge in [-0.05, 0) is 38.5 Å². The summed E-state index contributed by atoms with van der Waals surface area (Å²) in [6.45, 7) is 0. The fraction of sp³-hybridized carbons (Fsp3) is 1.00. The minimum Gasteiger partial charge on any atom is -0.228 e. The Morgan fingerprint density at radius 1 is 0.438 bits per heavy atom. The molecule has 0 aromatic heterocycles. The summed E-state index contributed by atoms with van der Waals surface area (Å²) in [5, 5.41) is -2.72. The van der Waals surface area contributed by atoms with Gasteiger partial charge in [0, 0.05) is 0 Å². The summed E-state index contributed by atoms with van der Waals surface area (Å²) in [5.74, 6) is -0.469. The van der Waals surface area contributed by atoms with Crippen LogP contribution in [-0.4, -0.2) is 65.8 Å². The molecule has 2 aliphatic rings. The molecule has 0 saturated heterocycles. The van der Waals surface area contributed by atoms with Gasteiger partial charge in [-0.2, -0.15) is 0 Å². The first kappa shape index (κ1) is 28.0. The van der Waals surface area contributed by atoms with Crippen LogP contribution in [-0.2, 0) is 39.3 Å². The molecule has 2 saturated carbocycles. The molecule has 0 spiro atoms. The molecule has 0 atom stereocenters. The third kappa shape index (κ3) is 9.58. The van der Waals surface area contributed by atoms with Gasteiger partial charge in [-0.3, -0.25) is 0 Å². The van der Waals surface area contributed by atoms with Gasteiger partial charge in [-0.15, -0.1) is 0 Å². The Morgan fingerprint density at radius 2 is 0.750 bits per heavy atom. The molecule has 0 unspecified atom stereocenters. The van der Waals surface area contributed by atoms with Crippen LogP contribution in [0, 0.1) is 0 Å². The first-order valence-electron chi connectivity index (χ1n) is 11.7. The van der Waals surface area contributed by atoms with Crippen molar-refractivity contribution in [3.63, 3.8) is 0 Å². The van der Waals surface area contributed by atoms with Crippen LogP contribution in [0.25, 0.3) is 0 Å². The van der Waals surface area contributed by atoms with Crippen molar-refractivity contribution in [1.29, 1.82) is 0 Å². The van der Waals surface area contributed by atoms with E-state index in [9.17, 15) is 33.7 Å². The molecule has 2 fully saturated rings. The smallest absolute Gasteiger partial charge is 0.167 e. The molecular weight excluding hydrogens is 496 g/mol. The highest BCUT2D eigenvalue weighted by molar-refractivity contribution is 8.08. The van der Waals surface area contributed by atoms with Crippen molar-refractivity contribution in [2.75, 3.05) is 21.7 Å². The highest BCUT2D eigenvalue weighted by Gasteiger charge is 2.33. The maximum Gasteiger partial charge on any atom is 0.167 e. The summed E-state index contributed by atoms with van der Waals surface area (Å²) in [6, 6.07) is 0. The fourth-order valence-electron chi connectivity index (χ4n) is 4.66. The Labute approximate surface area is 194 Å². The van der Waals surface area contributed by atoms with E-state index >= 15 is 0 Å². The molecule has 0 aromatic carbocycles. The average molecular weight is 535 g/mol. The van der Waals surface area contributed by atoms with Crippen molar-refractivity contribution in [1.82, 2.24) is 0 Å². The average Bonchev–Trinajstić information content (AvgIpc) is 2.70. The van der Waals surface area contributed by atoms with E-state index in [1.54, 1.807) is 0 Å². The largest absolute Gasteiger partial charge is 0.228 e. The van der Waals surface area contributed by atoms with Crippen molar-refractivity contribution >= 4 is 39.3 Å². The van der Waals surface area contributed by atoms with Gasteiger partial charge in [0.05, 0.1) is 22.0 Å². The van der Waals surface area contributed by atoms with Gasteiger partial charge in [0.2, 0.25) is 0 Å². The molecule has 0 aromatic rings. The lowest BCUT2D eigenvalue weighted by Crippen LogP contribution is -2.31. The number of hydrogen-bond donors (Lipinski definition) is 0. The number of rotatable bonds is 13. The van der Waals surface area contributed by atoms with E-state index in [4.69, 9.17) is 0 Å². The predicted molar refractivity (Wildman–Crippen MR) is 127 cm³/mol. The normalized spacial score (nSPS) is 20.4. The third-order valence-electron chi connectivity index (χ3n) is 6.47. The van der Waals surface area contributed by atoms with E-state index in [0.29, 0.717) is 38.5 Å². The van der Waals surface area contributed by atoms with Crippen LogP contribution in [0.1, 0.15) is 89.9 Å². The monoisotopic (exact) mass is 534 g/mol. The lowest BCUT2D eigenvalue weighted by atomic mass is 10.0. The lowest BCUT2D eigenvalue weighted by molar-refractivity contribution is 0.484. The van der Waals surface area contributed by atoms with Crippen molar-refractivity contribution in [3.05, 3.63) is 0 Å². The van der Waals surface area contributed by atoms with E-state index in [2.05, 4.69) is 0 Å². The second-order valence-electron chi connectivity index (χ2n) is 9.39. The van der Waals surface area contributed by atoms with Gasteiger partial charge in [-0.1, -0.05) is 51.4 Å². The number of sulfone groups is 4.